The van der Waals surface area contributed by atoms with Crippen LogP contribution in [0.3, 0.4) is 0 Å². The number of aliphatic hydroxyl groups excluding tert-OH is 1. The molecule has 2 aromatic carbocycles. The first-order valence-electron chi connectivity index (χ1n) is 6.31. The first-order chi connectivity index (χ1) is 9.72. The molecular formula is C16H15BrO3. The van der Waals surface area contributed by atoms with Gasteiger partial charge in [-0.1, -0.05) is 52.3 Å². The second-order valence-corrected chi connectivity index (χ2v) is 5.13. The van der Waals surface area contributed by atoms with Gasteiger partial charge in [0.1, 0.15) is 5.75 Å². The fourth-order valence-electron chi connectivity index (χ4n) is 1.88. The van der Waals surface area contributed by atoms with Crippen molar-refractivity contribution in [2.75, 3.05) is 13.2 Å². The van der Waals surface area contributed by atoms with Gasteiger partial charge in [-0.3, -0.25) is 4.79 Å². The summed E-state index contributed by atoms with van der Waals surface area (Å²) in [6.07, 6.45) is 0.513. The monoisotopic (exact) mass is 334 g/mol. The van der Waals surface area contributed by atoms with Crippen molar-refractivity contribution in [2.24, 2.45) is 0 Å². The first-order valence-corrected chi connectivity index (χ1v) is 7.11. The van der Waals surface area contributed by atoms with E-state index in [-0.39, 0.29) is 19.0 Å². The molecule has 0 aliphatic heterocycles. The molecule has 1 N–H and O–H groups in total. The Labute approximate surface area is 126 Å². The number of carbonyl (C=O) groups is 1. The maximum Gasteiger partial charge on any atom is 0.201 e. The van der Waals surface area contributed by atoms with Crippen LogP contribution in [0.15, 0.2) is 53.0 Å². The van der Waals surface area contributed by atoms with E-state index < -0.39 is 0 Å². The molecule has 0 saturated heterocycles. The van der Waals surface area contributed by atoms with Crippen LogP contribution in [0.2, 0.25) is 0 Å². The molecule has 0 atom stereocenters. The van der Waals surface area contributed by atoms with Gasteiger partial charge in [-0.2, -0.15) is 0 Å². The van der Waals surface area contributed by atoms with Gasteiger partial charge < -0.3 is 9.84 Å². The van der Waals surface area contributed by atoms with Gasteiger partial charge >= 0.3 is 0 Å². The van der Waals surface area contributed by atoms with Gasteiger partial charge in [0.05, 0.1) is 0 Å². The van der Waals surface area contributed by atoms with Crippen molar-refractivity contribution >= 4 is 21.7 Å². The molecule has 0 radical (unpaired) electrons. The molecule has 0 amide bonds. The van der Waals surface area contributed by atoms with Crippen LogP contribution < -0.4 is 4.74 Å². The van der Waals surface area contributed by atoms with Crippen molar-refractivity contribution in [3.63, 3.8) is 0 Å². The number of Topliss-reactive ketones (excluding diaryl/α,β-unsaturated/α-hetero) is 1. The van der Waals surface area contributed by atoms with Crippen molar-refractivity contribution in [3.05, 3.63) is 64.1 Å². The summed E-state index contributed by atoms with van der Waals surface area (Å²) in [6.45, 7) is 0.0314. The van der Waals surface area contributed by atoms with E-state index >= 15 is 0 Å². The lowest BCUT2D eigenvalue weighted by molar-refractivity contribution is 0.0920. The highest BCUT2D eigenvalue weighted by Gasteiger charge is 2.11. The topological polar surface area (TPSA) is 46.5 Å². The molecule has 0 bridgehead atoms. The Morgan fingerprint density at radius 3 is 2.55 bits per heavy atom. The first kappa shape index (κ1) is 14.8. The van der Waals surface area contributed by atoms with Crippen LogP contribution in [0.4, 0.5) is 0 Å². The third-order valence-electron chi connectivity index (χ3n) is 2.89. The molecule has 0 unspecified atom stereocenters. The Balaban J connectivity index is 2.06. The van der Waals surface area contributed by atoms with E-state index in [0.29, 0.717) is 17.7 Å². The molecule has 104 valence electrons. The Morgan fingerprint density at radius 2 is 1.80 bits per heavy atom. The summed E-state index contributed by atoms with van der Waals surface area (Å²) in [5, 5.41) is 9.01. The Morgan fingerprint density at radius 1 is 1.10 bits per heavy atom. The van der Waals surface area contributed by atoms with E-state index in [2.05, 4.69) is 15.9 Å². The summed E-state index contributed by atoms with van der Waals surface area (Å²) in [7, 11) is 0. The van der Waals surface area contributed by atoms with Gasteiger partial charge in [-0.15, -0.1) is 0 Å². The van der Waals surface area contributed by atoms with E-state index in [9.17, 15) is 4.79 Å². The smallest absolute Gasteiger partial charge is 0.201 e. The SMILES string of the molecule is O=C(COc1ccccc1CCO)c1ccccc1Br. The molecule has 0 aliphatic carbocycles. The molecule has 0 saturated carbocycles. The molecule has 4 heteroatoms. The maximum absolute atomic E-state index is 12.1. The Bertz CT molecular complexity index is 596. The van der Waals surface area contributed by atoms with Crippen molar-refractivity contribution in [1.29, 1.82) is 0 Å². The fourth-order valence-corrected chi connectivity index (χ4v) is 2.39. The normalized spacial score (nSPS) is 10.3. The number of aliphatic hydroxyl groups is 1. The number of hydrogen-bond acceptors (Lipinski definition) is 3. The van der Waals surface area contributed by atoms with Crippen LogP contribution in [-0.4, -0.2) is 24.1 Å². The lowest BCUT2D eigenvalue weighted by Crippen LogP contribution is -2.13. The molecular weight excluding hydrogens is 320 g/mol. The van der Waals surface area contributed by atoms with E-state index in [1.165, 1.54) is 0 Å². The second-order valence-electron chi connectivity index (χ2n) is 4.27. The highest BCUT2D eigenvalue weighted by Crippen LogP contribution is 2.20. The van der Waals surface area contributed by atoms with Crippen LogP contribution in [0.5, 0.6) is 5.75 Å². The minimum Gasteiger partial charge on any atom is -0.485 e. The van der Waals surface area contributed by atoms with Crippen molar-refractivity contribution in [1.82, 2.24) is 0 Å². The number of benzene rings is 2. The summed E-state index contributed by atoms with van der Waals surface area (Å²) in [5.41, 5.74) is 1.50. The van der Waals surface area contributed by atoms with E-state index in [1.807, 2.05) is 36.4 Å². The minimum atomic E-state index is -0.0868. The number of para-hydroxylation sites is 1. The average molecular weight is 335 g/mol. The highest BCUT2D eigenvalue weighted by molar-refractivity contribution is 9.10. The van der Waals surface area contributed by atoms with Crippen molar-refractivity contribution < 1.29 is 14.6 Å². The minimum absolute atomic E-state index is 0.0228. The number of ketones is 1. The van der Waals surface area contributed by atoms with E-state index in [0.717, 1.165) is 10.0 Å². The zero-order valence-electron chi connectivity index (χ0n) is 10.9. The highest BCUT2D eigenvalue weighted by atomic mass is 79.9. The number of rotatable bonds is 6. The number of hydrogen-bond donors (Lipinski definition) is 1. The molecule has 2 rings (SSSR count). The van der Waals surface area contributed by atoms with Crippen LogP contribution >= 0.6 is 15.9 Å². The average Bonchev–Trinajstić information content (AvgIpc) is 2.47. The maximum atomic E-state index is 12.1. The Hall–Kier alpha value is -1.65. The number of carbonyl (C=O) groups excluding carboxylic acids is 1. The number of ether oxygens (including phenoxy) is 1. The zero-order chi connectivity index (χ0) is 14.4. The van der Waals surface area contributed by atoms with Crippen molar-refractivity contribution in [2.45, 2.75) is 6.42 Å². The number of halogens is 1. The van der Waals surface area contributed by atoms with Gasteiger partial charge in [-0.25, -0.2) is 0 Å². The molecule has 0 fully saturated rings. The van der Waals surface area contributed by atoms with E-state index in [4.69, 9.17) is 9.84 Å². The van der Waals surface area contributed by atoms with E-state index in [1.54, 1.807) is 12.1 Å². The lowest BCUT2D eigenvalue weighted by Gasteiger charge is -2.10. The summed E-state index contributed by atoms with van der Waals surface area (Å²) in [6, 6.07) is 14.7. The van der Waals surface area contributed by atoms with Gasteiger partial charge in [0, 0.05) is 16.6 Å². The largest absolute Gasteiger partial charge is 0.485 e. The standard InChI is InChI=1S/C16H15BrO3/c17-14-7-3-2-6-13(14)15(19)11-20-16-8-4-1-5-12(16)9-10-18/h1-8,18H,9-11H2. The Kier molecular flexibility index (Phi) is 5.32. The zero-order valence-corrected chi connectivity index (χ0v) is 12.5. The fraction of sp³-hybridized carbons (Fsp3) is 0.188. The van der Waals surface area contributed by atoms with Gasteiger partial charge in [0.25, 0.3) is 0 Å². The third-order valence-corrected chi connectivity index (χ3v) is 3.58. The predicted octanol–water partition coefficient (Wildman–Crippen LogP) is 3.25. The second kappa shape index (κ2) is 7.22. The summed E-state index contributed by atoms with van der Waals surface area (Å²) < 4.78 is 6.34. The van der Waals surface area contributed by atoms with Crippen LogP contribution in [-0.2, 0) is 6.42 Å². The quantitative estimate of drug-likeness (QED) is 0.825. The van der Waals surface area contributed by atoms with Gasteiger partial charge in [-0.05, 0) is 24.1 Å². The predicted molar refractivity (Wildman–Crippen MR) is 81.2 cm³/mol. The van der Waals surface area contributed by atoms with Crippen LogP contribution in [0, 0.1) is 0 Å². The lowest BCUT2D eigenvalue weighted by atomic mass is 10.1. The van der Waals surface area contributed by atoms with Crippen LogP contribution in [0.25, 0.3) is 0 Å². The molecule has 0 aromatic heterocycles. The van der Waals surface area contributed by atoms with Gasteiger partial charge in [0.2, 0.25) is 5.78 Å². The third kappa shape index (κ3) is 3.68. The summed E-state index contributed by atoms with van der Waals surface area (Å²) in [5.74, 6) is 0.554. The molecule has 0 heterocycles. The van der Waals surface area contributed by atoms with Crippen LogP contribution in [0.1, 0.15) is 15.9 Å². The molecule has 20 heavy (non-hydrogen) atoms. The van der Waals surface area contributed by atoms with Crippen molar-refractivity contribution in [3.8, 4) is 5.75 Å². The summed E-state index contributed by atoms with van der Waals surface area (Å²) >= 11 is 3.35. The summed E-state index contributed by atoms with van der Waals surface area (Å²) in [4.78, 5) is 12.1. The molecule has 0 aliphatic rings. The molecule has 0 spiro atoms. The molecule has 2 aromatic rings. The molecule has 3 nitrogen and oxygen atoms in total. The van der Waals surface area contributed by atoms with Gasteiger partial charge in [0.15, 0.2) is 6.61 Å².